The number of rotatable bonds is 4. The molecule has 0 bridgehead atoms. The minimum absolute atomic E-state index is 0.174. The van der Waals surface area contributed by atoms with Gasteiger partial charge in [-0.05, 0) is 50.3 Å². The summed E-state index contributed by atoms with van der Waals surface area (Å²) in [7, 11) is 1.92. The highest BCUT2D eigenvalue weighted by molar-refractivity contribution is 5.22. The molecular formula is C13H17F2N. The molecule has 1 atom stereocenters. The summed E-state index contributed by atoms with van der Waals surface area (Å²) < 4.78 is 26.3. The van der Waals surface area contributed by atoms with E-state index in [2.05, 4.69) is 12.2 Å². The van der Waals surface area contributed by atoms with Crippen LogP contribution >= 0.6 is 0 Å². The molecule has 16 heavy (non-hydrogen) atoms. The monoisotopic (exact) mass is 225 g/mol. The van der Waals surface area contributed by atoms with E-state index in [0.717, 1.165) is 18.9 Å². The Balaban J connectivity index is 2.15. The van der Waals surface area contributed by atoms with Gasteiger partial charge in [0.2, 0.25) is 0 Å². The summed E-state index contributed by atoms with van der Waals surface area (Å²) in [5, 5.41) is 3.22. The molecule has 0 aliphatic heterocycles. The van der Waals surface area contributed by atoms with Gasteiger partial charge in [-0.15, -0.1) is 0 Å². The van der Waals surface area contributed by atoms with Gasteiger partial charge in [0.25, 0.3) is 0 Å². The van der Waals surface area contributed by atoms with Crippen molar-refractivity contribution in [1.29, 1.82) is 0 Å². The van der Waals surface area contributed by atoms with Crippen molar-refractivity contribution in [2.75, 3.05) is 7.05 Å². The highest BCUT2D eigenvalue weighted by atomic mass is 19.1. The standard InChI is InChI=1S/C13H17F2N/c1-9(16-2)13(5-6-13)8-10-3-4-11(14)7-12(10)15/h3-4,7,9,16H,5-6,8H2,1-2H3. The SMILES string of the molecule is CNC(C)C1(Cc2ccc(F)cc2F)CC1. The van der Waals surface area contributed by atoms with E-state index in [1.807, 2.05) is 7.05 Å². The lowest BCUT2D eigenvalue weighted by Crippen LogP contribution is -2.33. The molecule has 1 aliphatic rings. The Morgan fingerprint density at radius 1 is 1.38 bits per heavy atom. The molecule has 2 rings (SSSR count). The van der Waals surface area contributed by atoms with E-state index in [-0.39, 0.29) is 5.41 Å². The smallest absolute Gasteiger partial charge is 0.129 e. The predicted octanol–water partition coefficient (Wildman–Crippen LogP) is 2.90. The fourth-order valence-electron chi connectivity index (χ4n) is 2.27. The van der Waals surface area contributed by atoms with Gasteiger partial charge in [-0.1, -0.05) is 6.07 Å². The fraction of sp³-hybridized carbons (Fsp3) is 0.538. The molecular weight excluding hydrogens is 208 g/mol. The van der Waals surface area contributed by atoms with Crippen LogP contribution in [0, 0.1) is 17.0 Å². The minimum atomic E-state index is -0.507. The van der Waals surface area contributed by atoms with Crippen molar-refractivity contribution in [3.63, 3.8) is 0 Å². The molecule has 1 nitrogen and oxygen atoms in total. The number of hydrogen-bond donors (Lipinski definition) is 1. The van der Waals surface area contributed by atoms with Crippen LogP contribution in [0.25, 0.3) is 0 Å². The lowest BCUT2D eigenvalue weighted by Gasteiger charge is -2.23. The van der Waals surface area contributed by atoms with Crippen molar-refractivity contribution in [2.24, 2.45) is 5.41 Å². The van der Waals surface area contributed by atoms with E-state index < -0.39 is 11.6 Å². The molecule has 1 N–H and O–H groups in total. The Labute approximate surface area is 94.9 Å². The Kier molecular flexibility index (Phi) is 2.98. The van der Waals surface area contributed by atoms with Gasteiger partial charge in [0.1, 0.15) is 11.6 Å². The molecule has 0 heterocycles. The van der Waals surface area contributed by atoms with Crippen LogP contribution in [-0.4, -0.2) is 13.1 Å². The van der Waals surface area contributed by atoms with Crippen molar-refractivity contribution in [3.8, 4) is 0 Å². The third kappa shape index (κ3) is 2.09. The second kappa shape index (κ2) is 4.13. The summed E-state index contributed by atoms with van der Waals surface area (Å²) >= 11 is 0. The molecule has 88 valence electrons. The van der Waals surface area contributed by atoms with Gasteiger partial charge in [0.15, 0.2) is 0 Å². The van der Waals surface area contributed by atoms with Crippen LogP contribution in [0.1, 0.15) is 25.3 Å². The van der Waals surface area contributed by atoms with Crippen LogP contribution in [0.5, 0.6) is 0 Å². The largest absolute Gasteiger partial charge is 0.317 e. The lowest BCUT2D eigenvalue weighted by molar-refractivity contribution is 0.364. The lowest BCUT2D eigenvalue weighted by atomic mass is 9.89. The zero-order valence-corrected chi connectivity index (χ0v) is 9.69. The molecule has 1 fully saturated rings. The zero-order chi connectivity index (χ0) is 11.8. The third-order valence-corrected chi connectivity index (χ3v) is 3.80. The van der Waals surface area contributed by atoms with Crippen molar-refractivity contribution in [1.82, 2.24) is 5.32 Å². The maximum Gasteiger partial charge on any atom is 0.129 e. The predicted molar refractivity (Wildman–Crippen MR) is 60.3 cm³/mol. The first-order valence-electron chi connectivity index (χ1n) is 5.68. The zero-order valence-electron chi connectivity index (χ0n) is 9.69. The molecule has 0 amide bonds. The fourth-order valence-corrected chi connectivity index (χ4v) is 2.27. The summed E-state index contributed by atoms with van der Waals surface area (Å²) in [6, 6.07) is 4.23. The highest BCUT2D eigenvalue weighted by Gasteiger charge is 2.46. The van der Waals surface area contributed by atoms with Crippen LogP contribution in [0.3, 0.4) is 0 Å². The maximum absolute atomic E-state index is 13.5. The normalized spacial score (nSPS) is 19.5. The molecule has 0 aromatic heterocycles. The molecule has 0 saturated heterocycles. The minimum Gasteiger partial charge on any atom is -0.317 e. The quantitative estimate of drug-likeness (QED) is 0.830. The first-order chi connectivity index (χ1) is 7.57. The van der Waals surface area contributed by atoms with Crippen LogP contribution in [-0.2, 0) is 6.42 Å². The van der Waals surface area contributed by atoms with Crippen molar-refractivity contribution in [2.45, 2.75) is 32.2 Å². The number of nitrogens with one attached hydrogen (secondary N) is 1. The highest BCUT2D eigenvalue weighted by Crippen LogP contribution is 2.51. The second-order valence-electron chi connectivity index (χ2n) is 4.79. The maximum atomic E-state index is 13.5. The second-order valence-corrected chi connectivity index (χ2v) is 4.79. The van der Waals surface area contributed by atoms with Gasteiger partial charge in [-0.3, -0.25) is 0 Å². The van der Waals surface area contributed by atoms with Crippen molar-refractivity contribution in [3.05, 3.63) is 35.4 Å². The van der Waals surface area contributed by atoms with Gasteiger partial charge in [-0.2, -0.15) is 0 Å². The Bertz CT molecular complexity index is 386. The molecule has 0 radical (unpaired) electrons. The van der Waals surface area contributed by atoms with E-state index in [9.17, 15) is 8.78 Å². The number of halogens is 2. The topological polar surface area (TPSA) is 12.0 Å². The number of benzene rings is 1. The summed E-state index contributed by atoms with van der Waals surface area (Å²) in [6.07, 6.45) is 2.93. The Hall–Kier alpha value is -0.960. The van der Waals surface area contributed by atoms with Crippen LogP contribution < -0.4 is 5.32 Å². The Morgan fingerprint density at radius 2 is 2.06 bits per heavy atom. The summed E-state index contributed by atoms with van der Waals surface area (Å²) in [5.74, 6) is -0.928. The third-order valence-electron chi connectivity index (χ3n) is 3.80. The summed E-state index contributed by atoms with van der Waals surface area (Å²) in [5.41, 5.74) is 0.800. The average molecular weight is 225 g/mol. The molecule has 1 unspecified atom stereocenters. The van der Waals surface area contributed by atoms with Crippen LogP contribution in [0.15, 0.2) is 18.2 Å². The van der Waals surface area contributed by atoms with Gasteiger partial charge in [-0.25, -0.2) is 8.78 Å². The molecule has 1 saturated carbocycles. The molecule has 1 aromatic rings. The first-order valence-corrected chi connectivity index (χ1v) is 5.68. The van der Waals surface area contributed by atoms with Gasteiger partial charge < -0.3 is 5.32 Å². The first kappa shape index (κ1) is 11.5. The van der Waals surface area contributed by atoms with Gasteiger partial charge in [0, 0.05) is 12.1 Å². The van der Waals surface area contributed by atoms with Gasteiger partial charge in [0.05, 0.1) is 0 Å². The van der Waals surface area contributed by atoms with E-state index in [0.29, 0.717) is 18.0 Å². The van der Waals surface area contributed by atoms with Gasteiger partial charge >= 0.3 is 0 Å². The summed E-state index contributed by atoms with van der Waals surface area (Å²) in [6.45, 7) is 2.12. The molecule has 0 spiro atoms. The molecule has 1 aromatic carbocycles. The van der Waals surface area contributed by atoms with Crippen LogP contribution in [0.2, 0.25) is 0 Å². The number of hydrogen-bond acceptors (Lipinski definition) is 1. The Morgan fingerprint density at radius 3 is 2.56 bits per heavy atom. The van der Waals surface area contributed by atoms with E-state index in [1.54, 1.807) is 6.07 Å². The van der Waals surface area contributed by atoms with E-state index in [1.165, 1.54) is 6.07 Å². The molecule has 3 heteroatoms. The average Bonchev–Trinajstić information content (AvgIpc) is 3.02. The summed E-state index contributed by atoms with van der Waals surface area (Å²) in [4.78, 5) is 0. The van der Waals surface area contributed by atoms with E-state index >= 15 is 0 Å². The van der Waals surface area contributed by atoms with Crippen molar-refractivity contribution >= 4 is 0 Å². The van der Waals surface area contributed by atoms with Crippen LogP contribution in [0.4, 0.5) is 8.78 Å². The van der Waals surface area contributed by atoms with Crippen molar-refractivity contribution < 1.29 is 8.78 Å². The molecule has 1 aliphatic carbocycles. The van der Waals surface area contributed by atoms with E-state index in [4.69, 9.17) is 0 Å².